The summed E-state index contributed by atoms with van der Waals surface area (Å²) in [5, 5.41) is 14.1. The van der Waals surface area contributed by atoms with Gasteiger partial charge in [-0.2, -0.15) is 18.4 Å². The van der Waals surface area contributed by atoms with Crippen LogP contribution in [-0.2, 0) is 10.0 Å². The smallest absolute Gasteiger partial charge is 0.280 e. The zero-order valence-corrected chi connectivity index (χ0v) is 15.4. The number of hydrogen-bond donors (Lipinski definition) is 2. The number of hydrogen-bond acceptors (Lipinski definition) is 6. The summed E-state index contributed by atoms with van der Waals surface area (Å²) in [6, 6.07) is 8.70. The van der Waals surface area contributed by atoms with Gasteiger partial charge in [-0.3, -0.25) is 0 Å². The number of aromatic hydroxyl groups is 1. The van der Waals surface area contributed by atoms with Crippen LogP contribution >= 0.6 is 11.6 Å². The van der Waals surface area contributed by atoms with E-state index in [1.165, 1.54) is 50.6 Å². The number of rotatable bonds is 6. The number of sulfonamides is 1. The Morgan fingerprint density at radius 1 is 1.16 bits per heavy atom. The molecule has 0 aromatic heterocycles. The summed E-state index contributed by atoms with van der Waals surface area (Å²) in [4.78, 5) is 2.02. The van der Waals surface area contributed by atoms with E-state index in [1.54, 1.807) is 6.92 Å². The topological polar surface area (TPSA) is 97.2 Å². The van der Waals surface area contributed by atoms with E-state index < -0.39 is 10.0 Å². The molecule has 0 aliphatic carbocycles. The van der Waals surface area contributed by atoms with Crippen molar-refractivity contribution >= 4 is 27.3 Å². The lowest BCUT2D eigenvalue weighted by Crippen LogP contribution is -2.20. The van der Waals surface area contributed by atoms with Crippen molar-refractivity contribution in [3.63, 3.8) is 0 Å². The zero-order chi connectivity index (χ0) is 18.6. The number of benzene rings is 2. The van der Waals surface area contributed by atoms with Crippen LogP contribution < -0.4 is 14.3 Å². The number of phenols is 1. The number of halogens is 1. The summed E-state index contributed by atoms with van der Waals surface area (Å²) in [7, 11) is -1.17. The van der Waals surface area contributed by atoms with Gasteiger partial charge in [0.15, 0.2) is 0 Å². The number of methoxy groups -OCH3 is 2. The van der Waals surface area contributed by atoms with Gasteiger partial charge in [-0.1, -0.05) is 11.6 Å². The average molecular weight is 385 g/mol. The molecule has 0 aliphatic rings. The predicted molar refractivity (Wildman–Crippen MR) is 95.2 cm³/mol. The van der Waals surface area contributed by atoms with Crippen molar-refractivity contribution in [1.82, 2.24) is 4.83 Å². The maximum Gasteiger partial charge on any atom is 0.280 e. The van der Waals surface area contributed by atoms with Crippen LogP contribution in [0.3, 0.4) is 0 Å². The predicted octanol–water partition coefficient (Wildman–Crippen LogP) is 2.77. The van der Waals surface area contributed by atoms with Crippen LogP contribution in [0.1, 0.15) is 12.5 Å². The Balaban J connectivity index is 2.34. The minimum atomic E-state index is -3.99. The van der Waals surface area contributed by atoms with Crippen molar-refractivity contribution in [2.24, 2.45) is 5.10 Å². The summed E-state index contributed by atoms with van der Waals surface area (Å²) < 4.78 is 35.1. The zero-order valence-electron chi connectivity index (χ0n) is 13.8. The van der Waals surface area contributed by atoms with E-state index in [2.05, 4.69) is 9.93 Å². The van der Waals surface area contributed by atoms with Crippen molar-refractivity contribution in [3.8, 4) is 17.2 Å². The van der Waals surface area contributed by atoms with Gasteiger partial charge in [-0.25, -0.2) is 0 Å². The van der Waals surface area contributed by atoms with Gasteiger partial charge in [0.1, 0.15) is 22.1 Å². The Morgan fingerprint density at radius 2 is 1.88 bits per heavy atom. The molecule has 0 amide bonds. The SMILES string of the molecule is COc1ccc(S(=O)(=O)NN=C(C)c2cc(Cl)ccc2O)c(OC)c1. The molecule has 2 rings (SSSR count). The number of hydrazone groups is 1. The Kier molecular flexibility index (Phi) is 5.76. The van der Waals surface area contributed by atoms with Gasteiger partial charge in [0.25, 0.3) is 10.0 Å². The Morgan fingerprint density at radius 3 is 2.52 bits per heavy atom. The third-order valence-corrected chi connectivity index (χ3v) is 4.83. The van der Waals surface area contributed by atoms with E-state index in [-0.39, 0.29) is 22.1 Å². The third kappa shape index (κ3) is 4.34. The van der Waals surface area contributed by atoms with Gasteiger partial charge in [0.2, 0.25) is 0 Å². The van der Waals surface area contributed by atoms with Crippen LogP contribution in [0.5, 0.6) is 17.2 Å². The Bertz CT molecular complexity index is 913. The number of nitrogens with one attached hydrogen (secondary N) is 1. The molecule has 25 heavy (non-hydrogen) atoms. The van der Waals surface area contributed by atoms with Crippen molar-refractivity contribution in [2.75, 3.05) is 14.2 Å². The molecule has 0 heterocycles. The van der Waals surface area contributed by atoms with Gasteiger partial charge >= 0.3 is 0 Å². The lowest BCUT2D eigenvalue weighted by molar-refractivity contribution is 0.386. The summed E-state index contributed by atoms with van der Waals surface area (Å²) >= 11 is 5.88. The molecule has 0 unspecified atom stereocenters. The molecule has 0 saturated carbocycles. The minimum absolute atomic E-state index is 0.0631. The molecule has 0 saturated heterocycles. The van der Waals surface area contributed by atoms with Gasteiger partial charge in [-0.05, 0) is 37.3 Å². The molecular weight excluding hydrogens is 368 g/mol. The van der Waals surface area contributed by atoms with Gasteiger partial charge in [0.05, 0.1) is 19.9 Å². The van der Waals surface area contributed by atoms with Crippen molar-refractivity contribution < 1.29 is 23.0 Å². The lowest BCUT2D eigenvalue weighted by Gasteiger charge is -2.11. The van der Waals surface area contributed by atoms with Gasteiger partial charge in [0, 0.05) is 16.7 Å². The van der Waals surface area contributed by atoms with Crippen LogP contribution in [0.25, 0.3) is 0 Å². The fraction of sp³-hybridized carbons (Fsp3) is 0.188. The molecular formula is C16H17ClN2O5S. The standard InChI is InChI=1S/C16H17ClN2O5S/c1-10(13-8-11(17)4-6-14(13)20)18-19-25(21,22)16-7-5-12(23-2)9-15(16)24-3/h4-9,19-20H,1-3H3. The quantitative estimate of drug-likeness (QED) is 0.589. The molecule has 0 fully saturated rings. The van der Waals surface area contributed by atoms with Gasteiger partial charge in [-0.15, -0.1) is 0 Å². The van der Waals surface area contributed by atoms with Crippen molar-refractivity contribution in [3.05, 3.63) is 47.0 Å². The first kappa shape index (κ1) is 18.9. The molecule has 7 nitrogen and oxygen atoms in total. The van der Waals surface area contributed by atoms with Crippen LogP contribution in [0, 0.1) is 0 Å². The number of phenolic OH excluding ortho intramolecular Hbond substituents is 1. The van der Waals surface area contributed by atoms with E-state index in [0.717, 1.165) is 0 Å². The van der Waals surface area contributed by atoms with Crippen LogP contribution in [-0.4, -0.2) is 33.5 Å². The fourth-order valence-corrected chi connectivity index (χ4v) is 3.21. The molecule has 2 aromatic carbocycles. The highest BCUT2D eigenvalue weighted by Crippen LogP contribution is 2.28. The largest absolute Gasteiger partial charge is 0.507 e. The molecule has 9 heteroatoms. The first-order chi connectivity index (χ1) is 11.8. The second-order valence-corrected chi connectivity index (χ2v) is 7.04. The molecule has 2 aromatic rings. The Hall–Kier alpha value is -2.45. The molecule has 0 aliphatic heterocycles. The summed E-state index contributed by atoms with van der Waals surface area (Å²) in [6.07, 6.45) is 0. The maximum atomic E-state index is 12.5. The van der Waals surface area contributed by atoms with Crippen LogP contribution in [0.4, 0.5) is 0 Å². The summed E-state index contributed by atoms with van der Waals surface area (Å²) in [5.41, 5.74) is 0.563. The Labute approximate surface area is 150 Å². The molecule has 2 N–H and O–H groups in total. The summed E-state index contributed by atoms with van der Waals surface area (Å²) in [5.74, 6) is 0.511. The molecule has 0 spiro atoms. The fourth-order valence-electron chi connectivity index (χ4n) is 2.03. The first-order valence-electron chi connectivity index (χ1n) is 7.05. The third-order valence-electron chi connectivity index (χ3n) is 3.34. The van der Waals surface area contributed by atoms with Crippen molar-refractivity contribution in [1.29, 1.82) is 0 Å². The van der Waals surface area contributed by atoms with E-state index in [4.69, 9.17) is 21.1 Å². The van der Waals surface area contributed by atoms with E-state index in [1.807, 2.05) is 0 Å². The minimum Gasteiger partial charge on any atom is -0.507 e. The molecule has 134 valence electrons. The van der Waals surface area contributed by atoms with Crippen LogP contribution in [0.2, 0.25) is 5.02 Å². The normalized spacial score (nSPS) is 11.9. The van der Waals surface area contributed by atoms with Gasteiger partial charge < -0.3 is 14.6 Å². The molecule has 0 radical (unpaired) electrons. The summed E-state index contributed by atoms with van der Waals surface area (Å²) in [6.45, 7) is 1.54. The number of ether oxygens (including phenoxy) is 2. The second-order valence-electron chi connectivity index (χ2n) is 4.97. The van der Waals surface area contributed by atoms with E-state index in [0.29, 0.717) is 16.3 Å². The van der Waals surface area contributed by atoms with E-state index in [9.17, 15) is 13.5 Å². The maximum absolute atomic E-state index is 12.5. The first-order valence-corrected chi connectivity index (χ1v) is 8.91. The van der Waals surface area contributed by atoms with E-state index >= 15 is 0 Å². The van der Waals surface area contributed by atoms with Crippen molar-refractivity contribution in [2.45, 2.75) is 11.8 Å². The highest BCUT2D eigenvalue weighted by molar-refractivity contribution is 7.89. The highest BCUT2D eigenvalue weighted by atomic mass is 35.5. The molecule has 0 atom stereocenters. The second kappa shape index (κ2) is 7.62. The number of nitrogens with zero attached hydrogens (tertiary/aromatic N) is 1. The lowest BCUT2D eigenvalue weighted by atomic mass is 10.1. The molecule has 0 bridgehead atoms. The highest BCUT2D eigenvalue weighted by Gasteiger charge is 2.20. The monoisotopic (exact) mass is 384 g/mol. The average Bonchev–Trinajstić information content (AvgIpc) is 2.61. The van der Waals surface area contributed by atoms with Crippen LogP contribution in [0.15, 0.2) is 46.4 Å².